The minimum atomic E-state index is -0.291. The first-order chi connectivity index (χ1) is 15.4. The van der Waals surface area contributed by atoms with Crippen molar-refractivity contribution in [1.29, 1.82) is 0 Å². The maximum Gasteiger partial charge on any atom is 0.274 e. The van der Waals surface area contributed by atoms with Gasteiger partial charge in [-0.3, -0.25) is 9.78 Å². The summed E-state index contributed by atoms with van der Waals surface area (Å²) in [5.74, 6) is 0.546. The van der Waals surface area contributed by atoms with E-state index in [-0.39, 0.29) is 5.91 Å². The van der Waals surface area contributed by atoms with Crippen molar-refractivity contribution in [3.63, 3.8) is 0 Å². The van der Waals surface area contributed by atoms with Crippen LogP contribution < -0.4 is 16.4 Å². The normalized spacial score (nSPS) is 10.7. The summed E-state index contributed by atoms with van der Waals surface area (Å²) in [4.78, 5) is 21.3. The Bertz CT molecular complexity index is 1020. The second-order valence-corrected chi connectivity index (χ2v) is 8.54. The van der Waals surface area contributed by atoms with Gasteiger partial charge in [0.15, 0.2) is 0 Å². The molecule has 8 heteroatoms. The lowest BCUT2D eigenvalue weighted by Gasteiger charge is -2.28. The number of para-hydroxylation sites is 2. The van der Waals surface area contributed by atoms with E-state index in [1.54, 1.807) is 35.7 Å². The molecule has 0 radical (unpaired) electrons. The summed E-state index contributed by atoms with van der Waals surface area (Å²) >= 11 is 1.64. The van der Waals surface area contributed by atoms with Crippen LogP contribution in [0.4, 0.5) is 17.1 Å². The molecule has 0 aliphatic heterocycles. The fraction of sp³-hybridized carbons (Fsp3) is 0.250. The second kappa shape index (κ2) is 11.3. The Morgan fingerprint density at radius 3 is 2.59 bits per heavy atom. The molecular formula is C24H30N6OS. The summed E-state index contributed by atoms with van der Waals surface area (Å²) in [5, 5.41) is 10.3. The number of nitrogen functional groups attached to an aromatic ring is 1. The number of thiophene rings is 1. The summed E-state index contributed by atoms with van der Waals surface area (Å²) in [6.45, 7) is 6.72. The van der Waals surface area contributed by atoms with Crippen LogP contribution in [0.25, 0.3) is 0 Å². The maximum absolute atomic E-state index is 12.5. The summed E-state index contributed by atoms with van der Waals surface area (Å²) in [5.41, 5.74) is 9.36. The van der Waals surface area contributed by atoms with E-state index in [0.717, 1.165) is 36.6 Å². The number of aromatic nitrogens is 1. The van der Waals surface area contributed by atoms with Crippen molar-refractivity contribution in [3.05, 3.63) is 83.1 Å². The first-order valence-electron chi connectivity index (χ1n) is 10.4. The number of hydrogen-bond donors (Lipinski definition) is 3. The van der Waals surface area contributed by atoms with E-state index >= 15 is 0 Å². The van der Waals surface area contributed by atoms with Gasteiger partial charge in [0, 0.05) is 24.7 Å². The zero-order valence-electron chi connectivity index (χ0n) is 18.5. The number of carbonyl (C=O) groups is 1. The third-order valence-electron chi connectivity index (χ3n) is 4.86. The molecule has 0 spiro atoms. The van der Waals surface area contributed by atoms with Gasteiger partial charge in [-0.2, -0.15) is 11.3 Å². The van der Waals surface area contributed by atoms with Gasteiger partial charge in [0.1, 0.15) is 5.69 Å². The van der Waals surface area contributed by atoms with E-state index in [9.17, 15) is 4.79 Å². The molecule has 32 heavy (non-hydrogen) atoms. The number of nitrogens with zero attached hydrogens (tertiary/aromatic N) is 3. The van der Waals surface area contributed by atoms with Crippen LogP contribution in [0.15, 0.2) is 71.8 Å². The Hall–Kier alpha value is -3.36. The van der Waals surface area contributed by atoms with Gasteiger partial charge < -0.3 is 26.2 Å². The number of rotatable bonds is 11. The van der Waals surface area contributed by atoms with Gasteiger partial charge >= 0.3 is 0 Å². The Kier molecular flexibility index (Phi) is 8.24. The van der Waals surface area contributed by atoms with Crippen LogP contribution in [0.3, 0.4) is 0 Å². The van der Waals surface area contributed by atoms with Crippen LogP contribution in [-0.4, -0.2) is 47.9 Å². The predicted molar refractivity (Wildman–Crippen MR) is 134 cm³/mol. The SMILES string of the molecule is C=C(Nc1ccsc1)N(CCCN(C)C)Cc1ccc(C(=O)Nc2ccccc2N)nc1. The van der Waals surface area contributed by atoms with E-state index in [1.165, 1.54) is 0 Å². The highest BCUT2D eigenvalue weighted by molar-refractivity contribution is 7.08. The molecule has 1 amide bonds. The van der Waals surface area contributed by atoms with Crippen molar-refractivity contribution in [1.82, 2.24) is 14.8 Å². The average molecular weight is 451 g/mol. The van der Waals surface area contributed by atoms with E-state index in [0.29, 0.717) is 23.6 Å². The minimum Gasteiger partial charge on any atom is -0.397 e. The molecular weight excluding hydrogens is 420 g/mol. The molecule has 4 N–H and O–H groups in total. The Morgan fingerprint density at radius 2 is 1.94 bits per heavy atom. The number of amides is 1. The lowest BCUT2D eigenvalue weighted by atomic mass is 10.2. The van der Waals surface area contributed by atoms with Crippen molar-refractivity contribution in [2.45, 2.75) is 13.0 Å². The number of benzene rings is 1. The summed E-state index contributed by atoms with van der Waals surface area (Å²) < 4.78 is 0. The van der Waals surface area contributed by atoms with E-state index < -0.39 is 0 Å². The van der Waals surface area contributed by atoms with Crippen LogP contribution in [0, 0.1) is 0 Å². The molecule has 0 aliphatic carbocycles. The first-order valence-corrected chi connectivity index (χ1v) is 11.4. The Labute approximate surface area is 193 Å². The molecule has 0 atom stereocenters. The molecule has 168 valence electrons. The standard InChI is InChI=1S/C24H30N6OS/c1-18(27-20-11-14-32-17-20)30(13-6-12-29(2)3)16-19-9-10-23(26-15-19)24(31)28-22-8-5-4-7-21(22)25/h4-5,7-11,14-15,17,27H,1,6,12-13,16,25H2,2-3H3,(H,28,31). The fourth-order valence-electron chi connectivity index (χ4n) is 3.14. The van der Waals surface area contributed by atoms with Gasteiger partial charge in [0.05, 0.1) is 22.9 Å². The molecule has 0 saturated heterocycles. The van der Waals surface area contributed by atoms with Gasteiger partial charge in [-0.15, -0.1) is 0 Å². The fourth-order valence-corrected chi connectivity index (χ4v) is 3.73. The molecule has 2 aromatic heterocycles. The zero-order chi connectivity index (χ0) is 22.9. The van der Waals surface area contributed by atoms with Gasteiger partial charge in [-0.25, -0.2) is 0 Å². The van der Waals surface area contributed by atoms with Crippen molar-refractivity contribution < 1.29 is 4.79 Å². The van der Waals surface area contributed by atoms with Crippen molar-refractivity contribution >= 4 is 34.3 Å². The van der Waals surface area contributed by atoms with Gasteiger partial charge in [0.25, 0.3) is 5.91 Å². The second-order valence-electron chi connectivity index (χ2n) is 7.76. The van der Waals surface area contributed by atoms with Crippen molar-refractivity contribution in [2.24, 2.45) is 0 Å². The average Bonchev–Trinajstić information content (AvgIpc) is 3.28. The van der Waals surface area contributed by atoms with Crippen molar-refractivity contribution in [2.75, 3.05) is 43.6 Å². The highest BCUT2D eigenvalue weighted by atomic mass is 32.1. The van der Waals surface area contributed by atoms with E-state index in [2.05, 4.69) is 51.5 Å². The van der Waals surface area contributed by atoms with E-state index in [1.807, 2.05) is 29.6 Å². The summed E-state index contributed by atoms with van der Waals surface area (Å²) in [6, 6.07) is 12.8. The topological polar surface area (TPSA) is 86.5 Å². The number of hydrogen-bond acceptors (Lipinski definition) is 7. The summed E-state index contributed by atoms with van der Waals surface area (Å²) in [6.07, 6.45) is 2.74. The number of anilines is 3. The molecule has 0 aliphatic rings. The monoisotopic (exact) mass is 450 g/mol. The molecule has 0 unspecified atom stereocenters. The van der Waals surface area contributed by atoms with Crippen LogP contribution in [0.5, 0.6) is 0 Å². The number of carbonyl (C=O) groups excluding carboxylic acids is 1. The number of nitrogens with two attached hydrogens (primary N) is 1. The zero-order valence-corrected chi connectivity index (χ0v) is 19.4. The molecule has 7 nitrogen and oxygen atoms in total. The third kappa shape index (κ3) is 6.83. The van der Waals surface area contributed by atoms with Crippen LogP contribution in [0.2, 0.25) is 0 Å². The molecule has 0 fully saturated rings. The Morgan fingerprint density at radius 1 is 1.12 bits per heavy atom. The van der Waals surface area contributed by atoms with Crippen LogP contribution in [0.1, 0.15) is 22.5 Å². The largest absolute Gasteiger partial charge is 0.397 e. The molecule has 3 aromatic rings. The Balaban J connectivity index is 1.65. The molecule has 2 heterocycles. The third-order valence-corrected chi connectivity index (χ3v) is 5.55. The minimum absolute atomic E-state index is 0.291. The highest BCUT2D eigenvalue weighted by Crippen LogP contribution is 2.19. The van der Waals surface area contributed by atoms with Crippen LogP contribution >= 0.6 is 11.3 Å². The van der Waals surface area contributed by atoms with Crippen molar-refractivity contribution in [3.8, 4) is 0 Å². The number of nitrogens with one attached hydrogen (secondary N) is 2. The lowest BCUT2D eigenvalue weighted by molar-refractivity contribution is 0.102. The molecule has 0 bridgehead atoms. The molecule has 3 rings (SSSR count). The predicted octanol–water partition coefficient (Wildman–Crippen LogP) is 4.31. The van der Waals surface area contributed by atoms with Gasteiger partial charge in [0.2, 0.25) is 0 Å². The van der Waals surface area contributed by atoms with Gasteiger partial charge in [-0.1, -0.05) is 24.8 Å². The number of pyridine rings is 1. The molecule has 1 aromatic carbocycles. The molecule has 0 saturated carbocycles. The lowest BCUT2D eigenvalue weighted by Crippen LogP contribution is -2.29. The van der Waals surface area contributed by atoms with Crippen LogP contribution in [-0.2, 0) is 6.54 Å². The smallest absolute Gasteiger partial charge is 0.274 e. The summed E-state index contributed by atoms with van der Waals surface area (Å²) in [7, 11) is 4.14. The highest BCUT2D eigenvalue weighted by Gasteiger charge is 2.13. The quantitative estimate of drug-likeness (QED) is 0.377. The van der Waals surface area contributed by atoms with Gasteiger partial charge in [-0.05, 0) is 62.3 Å². The first kappa shape index (κ1) is 23.3. The maximum atomic E-state index is 12.5. The van der Waals surface area contributed by atoms with E-state index in [4.69, 9.17) is 5.73 Å².